The quantitative estimate of drug-likeness (QED) is 0.824. The van der Waals surface area contributed by atoms with Crippen molar-refractivity contribution in [3.05, 3.63) is 33.8 Å². The number of rotatable bonds is 6. The number of carbonyl (C=O) groups is 1. The van der Waals surface area contributed by atoms with Crippen LogP contribution in [-0.2, 0) is 11.2 Å². The van der Waals surface area contributed by atoms with Gasteiger partial charge in [-0.05, 0) is 56.0 Å². The van der Waals surface area contributed by atoms with Crippen LogP contribution in [0.15, 0.2) is 18.2 Å². The molecular formula is C15H21Cl3N2O. The second kappa shape index (κ2) is 9.52. The van der Waals surface area contributed by atoms with Gasteiger partial charge in [0.15, 0.2) is 0 Å². The minimum Gasteiger partial charge on any atom is -0.356 e. The van der Waals surface area contributed by atoms with Gasteiger partial charge in [0.05, 0.1) is 0 Å². The van der Waals surface area contributed by atoms with Crippen LogP contribution in [0.3, 0.4) is 0 Å². The summed E-state index contributed by atoms with van der Waals surface area (Å²) in [5, 5.41) is 7.55. The Morgan fingerprint density at radius 1 is 1.38 bits per heavy atom. The standard InChI is InChI=1S/C15H20Cl2N2O.ClH/c16-13-3-2-12(14(17)9-13)6-8-19-15(20)4-1-11-5-7-18-10-11;/h2-3,9,11,18H,1,4-8,10H2,(H,19,20);1H. The normalized spacial score (nSPS) is 17.3. The Labute approximate surface area is 142 Å². The van der Waals surface area contributed by atoms with E-state index in [0.29, 0.717) is 28.9 Å². The summed E-state index contributed by atoms with van der Waals surface area (Å²) in [6.07, 6.45) is 3.50. The van der Waals surface area contributed by atoms with E-state index >= 15 is 0 Å². The molecule has 118 valence electrons. The molecule has 21 heavy (non-hydrogen) atoms. The number of hydrogen-bond donors (Lipinski definition) is 2. The summed E-state index contributed by atoms with van der Waals surface area (Å²) in [5.41, 5.74) is 1.01. The molecule has 1 saturated heterocycles. The van der Waals surface area contributed by atoms with Crippen LogP contribution in [0.5, 0.6) is 0 Å². The van der Waals surface area contributed by atoms with Crippen LogP contribution in [0.2, 0.25) is 10.0 Å². The summed E-state index contributed by atoms with van der Waals surface area (Å²) in [4.78, 5) is 11.7. The third kappa shape index (κ3) is 6.43. The first-order chi connectivity index (χ1) is 9.65. The lowest BCUT2D eigenvalue weighted by Crippen LogP contribution is -2.26. The van der Waals surface area contributed by atoms with Gasteiger partial charge in [-0.25, -0.2) is 0 Å². The molecule has 6 heteroatoms. The Hall–Kier alpha value is -0.480. The molecule has 0 radical (unpaired) electrons. The average molecular weight is 352 g/mol. The molecule has 0 saturated carbocycles. The summed E-state index contributed by atoms with van der Waals surface area (Å²) in [6.45, 7) is 2.75. The number of carbonyl (C=O) groups excluding carboxylic acids is 1. The van der Waals surface area contributed by atoms with Crippen LogP contribution in [-0.4, -0.2) is 25.5 Å². The third-order valence-electron chi connectivity index (χ3n) is 3.67. The Morgan fingerprint density at radius 2 is 2.19 bits per heavy atom. The van der Waals surface area contributed by atoms with Crippen LogP contribution in [0.1, 0.15) is 24.8 Å². The maximum absolute atomic E-state index is 11.7. The van der Waals surface area contributed by atoms with Crippen LogP contribution < -0.4 is 10.6 Å². The smallest absolute Gasteiger partial charge is 0.220 e. The molecule has 1 amide bonds. The first-order valence-corrected chi connectivity index (χ1v) is 7.82. The van der Waals surface area contributed by atoms with Crippen molar-refractivity contribution in [2.75, 3.05) is 19.6 Å². The maximum Gasteiger partial charge on any atom is 0.220 e. The molecule has 1 heterocycles. The molecule has 1 atom stereocenters. The monoisotopic (exact) mass is 350 g/mol. The Balaban J connectivity index is 0.00000220. The molecule has 3 nitrogen and oxygen atoms in total. The van der Waals surface area contributed by atoms with Gasteiger partial charge in [0.1, 0.15) is 0 Å². The van der Waals surface area contributed by atoms with E-state index in [1.807, 2.05) is 12.1 Å². The third-order valence-corrected chi connectivity index (χ3v) is 4.26. The van der Waals surface area contributed by atoms with Crippen molar-refractivity contribution in [3.8, 4) is 0 Å². The van der Waals surface area contributed by atoms with E-state index in [1.54, 1.807) is 6.07 Å². The van der Waals surface area contributed by atoms with Crippen molar-refractivity contribution in [2.24, 2.45) is 5.92 Å². The van der Waals surface area contributed by atoms with Crippen LogP contribution in [0.4, 0.5) is 0 Å². The lowest BCUT2D eigenvalue weighted by molar-refractivity contribution is -0.121. The number of halogens is 3. The molecule has 2 N–H and O–H groups in total. The minimum absolute atomic E-state index is 0. The summed E-state index contributed by atoms with van der Waals surface area (Å²) in [6, 6.07) is 5.45. The molecule has 0 bridgehead atoms. The number of nitrogens with one attached hydrogen (secondary N) is 2. The predicted molar refractivity (Wildman–Crippen MR) is 90.6 cm³/mol. The highest BCUT2D eigenvalue weighted by atomic mass is 35.5. The number of amides is 1. The second-order valence-electron chi connectivity index (χ2n) is 5.23. The van der Waals surface area contributed by atoms with Crippen molar-refractivity contribution in [3.63, 3.8) is 0 Å². The fourth-order valence-corrected chi connectivity index (χ4v) is 2.95. The number of benzene rings is 1. The zero-order chi connectivity index (χ0) is 14.4. The fourth-order valence-electron chi connectivity index (χ4n) is 2.45. The van der Waals surface area contributed by atoms with Crippen molar-refractivity contribution >= 4 is 41.5 Å². The van der Waals surface area contributed by atoms with Gasteiger partial charge in [0.25, 0.3) is 0 Å². The maximum atomic E-state index is 11.7. The Morgan fingerprint density at radius 3 is 2.86 bits per heavy atom. The Bertz CT molecular complexity index is 462. The zero-order valence-corrected chi connectivity index (χ0v) is 14.2. The fraction of sp³-hybridized carbons (Fsp3) is 0.533. The molecule has 1 aromatic carbocycles. The zero-order valence-electron chi connectivity index (χ0n) is 11.8. The van der Waals surface area contributed by atoms with Gasteiger partial charge < -0.3 is 10.6 Å². The molecule has 1 fully saturated rings. The van der Waals surface area contributed by atoms with Crippen LogP contribution in [0, 0.1) is 5.92 Å². The molecule has 1 aliphatic rings. The Kier molecular flexibility index (Phi) is 8.42. The van der Waals surface area contributed by atoms with Gasteiger partial charge in [0.2, 0.25) is 5.91 Å². The molecule has 0 aliphatic carbocycles. The van der Waals surface area contributed by atoms with E-state index in [9.17, 15) is 4.79 Å². The summed E-state index contributed by atoms with van der Waals surface area (Å²) in [5.74, 6) is 0.786. The highest BCUT2D eigenvalue weighted by molar-refractivity contribution is 6.35. The van der Waals surface area contributed by atoms with E-state index in [2.05, 4.69) is 10.6 Å². The molecule has 1 aromatic rings. The van der Waals surface area contributed by atoms with Gasteiger partial charge in [0, 0.05) is 23.0 Å². The molecule has 0 aromatic heterocycles. The van der Waals surface area contributed by atoms with Crippen molar-refractivity contribution in [2.45, 2.75) is 25.7 Å². The van der Waals surface area contributed by atoms with Crippen molar-refractivity contribution in [1.82, 2.24) is 10.6 Å². The molecule has 0 spiro atoms. The van der Waals surface area contributed by atoms with Crippen LogP contribution in [0.25, 0.3) is 0 Å². The highest BCUT2D eigenvalue weighted by Gasteiger charge is 2.15. The predicted octanol–water partition coefficient (Wildman–Crippen LogP) is 3.46. The first-order valence-electron chi connectivity index (χ1n) is 7.06. The van der Waals surface area contributed by atoms with E-state index in [1.165, 1.54) is 6.42 Å². The van der Waals surface area contributed by atoms with Crippen LogP contribution >= 0.6 is 35.6 Å². The van der Waals surface area contributed by atoms with Gasteiger partial charge >= 0.3 is 0 Å². The summed E-state index contributed by atoms with van der Waals surface area (Å²) >= 11 is 11.9. The summed E-state index contributed by atoms with van der Waals surface area (Å²) < 4.78 is 0. The van der Waals surface area contributed by atoms with Gasteiger partial charge in [-0.3, -0.25) is 4.79 Å². The van der Waals surface area contributed by atoms with E-state index in [-0.39, 0.29) is 18.3 Å². The van der Waals surface area contributed by atoms with Gasteiger partial charge in [-0.2, -0.15) is 0 Å². The van der Waals surface area contributed by atoms with E-state index < -0.39 is 0 Å². The number of hydrogen-bond acceptors (Lipinski definition) is 2. The molecule has 1 aliphatic heterocycles. The topological polar surface area (TPSA) is 41.1 Å². The lowest BCUT2D eigenvalue weighted by atomic mass is 10.0. The summed E-state index contributed by atoms with van der Waals surface area (Å²) in [7, 11) is 0. The molecular weight excluding hydrogens is 331 g/mol. The van der Waals surface area contributed by atoms with Gasteiger partial charge in [-0.1, -0.05) is 29.3 Å². The van der Waals surface area contributed by atoms with E-state index in [0.717, 1.165) is 31.5 Å². The van der Waals surface area contributed by atoms with Crippen molar-refractivity contribution in [1.29, 1.82) is 0 Å². The first kappa shape index (κ1) is 18.6. The largest absolute Gasteiger partial charge is 0.356 e. The lowest BCUT2D eigenvalue weighted by Gasteiger charge is -2.09. The van der Waals surface area contributed by atoms with E-state index in [4.69, 9.17) is 23.2 Å². The molecule has 1 unspecified atom stereocenters. The van der Waals surface area contributed by atoms with Gasteiger partial charge in [-0.15, -0.1) is 12.4 Å². The second-order valence-corrected chi connectivity index (χ2v) is 6.08. The molecule has 2 rings (SSSR count). The highest BCUT2D eigenvalue weighted by Crippen LogP contribution is 2.21. The SMILES string of the molecule is Cl.O=C(CCC1CCNC1)NCCc1ccc(Cl)cc1Cl. The average Bonchev–Trinajstić information content (AvgIpc) is 2.92. The minimum atomic E-state index is 0. The van der Waals surface area contributed by atoms with Crippen molar-refractivity contribution < 1.29 is 4.79 Å².